The molecule has 0 unspecified atom stereocenters. The fourth-order valence-corrected chi connectivity index (χ4v) is 1.69. The molecule has 106 valence electrons. The number of nitrogens with two attached hydrogens (primary N) is 4. The third-order valence-corrected chi connectivity index (χ3v) is 2.59. The van der Waals surface area contributed by atoms with Crippen molar-refractivity contribution in [1.29, 1.82) is 0 Å². The number of hydrogen-bond acceptors (Lipinski definition) is 7. The molecule has 0 aromatic carbocycles. The molecule has 13 heteroatoms. The van der Waals surface area contributed by atoms with Crippen LogP contribution < -0.4 is 33.2 Å². The molecule has 0 saturated heterocycles. The summed E-state index contributed by atoms with van der Waals surface area (Å²) in [7, 11) is 0. The molecule has 2 rings (SSSR count). The van der Waals surface area contributed by atoms with Gasteiger partial charge < -0.3 is 16.5 Å². The van der Waals surface area contributed by atoms with Crippen LogP contribution in [0.15, 0.2) is 4.73 Å². The standard InChI is InChI=1S/C7H9BrN10O2/c8-4-13-1-2(14-4)15-7(18(12)6(10)20)16-3(1)17(11)5(9)19/h11-12H2,(H2,9,19)(H2,10,20)(H,13,14,15,16). The van der Waals surface area contributed by atoms with E-state index in [1.165, 1.54) is 0 Å². The normalized spacial score (nSPS) is 10.6. The number of halogens is 1. The first-order valence-corrected chi connectivity index (χ1v) is 5.72. The van der Waals surface area contributed by atoms with E-state index in [2.05, 4.69) is 35.9 Å². The van der Waals surface area contributed by atoms with Gasteiger partial charge in [-0.3, -0.25) is 0 Å². The van der Waals surface area contributed by atoms with E-state index in [1.54, 1.807) is 0 Å². The highest BCUT2D eigenvalue weighted by Gasteiger charge is 2.21. The molecule has 0 aliphatic rings. The number of anilines is 2. The van der Waals surface area contributed by atoms with Gasteiger partial charge in [-0.05, 0) is 15.9 Å². The lowest BCUT2D eigenvalue weighted by Gasteiger charge is -2.16. The summed E-state index contributed by atoms with van der Waals surface area (Å²) in [5, 5.41) is 1.02. The minimum Gasteiger partial charge on any atom is -0.350 e. The van der Waals surface area contributed by atoms with Crippen molar-refractivity contribution in [3.63, 3.8) is 0 Å². The molecule has 12 nitrogen and oxygen atoms in total. The summed E-state index contributed by atoms with van der Waals surface area (Å²) >= 11 is 3.09. The number of nitrogens with zero attached hydrogens (tertiary/aromatic N) is 5. The maximum Gasteiger partial charge on any atom is 0.336 e. The van der Waals surface area contributed by atoms with Gasteiger partial charge >= 0.3 is 12.1 Å². The van der Waals surface area contributed by atoms with Crippen molar-refractivity contribution in [1.82, 2.24) is 19.9 Å². The van der Waals surface area contributed by atoms with Crippen molar-refractivity contribution < 1.29 is 9.59 Å². The van der Waals surface area contributed by atoms with Crippen molar-refractivity contribution in [2.75, 3.05) is 10.0 Å². The van der Waals surface area contributed by atoms with Crippen LogP contribution >= 0.6 is 15.9 Å². The van der Waals surface area contributed by atoms with Gasteiger partial charge in [0.15, 0.2) is 16.2 Å². The quantitative estimate of drug-likeness (QED) is 0.191. The van der Waals surface area contributed by atoms with Crippen molar-refractivity contribution in [2.45, 2.75) is 0 Å². The highest BCUT2D eigenvalue weighted by atomic mass is 79.9. The van der Waals surface area contributed by atoms with Crippen LogP contribution in [-0.2, 0) is 0 Å². The zero-order valence-electron chi connectivity index (χ0n) is 9.74. The summed E-state index contributed by atoms with van der Waals surface area (Å²) in [4.78, 5) is 36.6. The number of aromatic amines is 1. The molecule has 20 heavy (non-hydrogen) atoms. The van der Waals surface area contributed by atoms with Crippen molar-refractivity contribution in [3.8, 4) is 0 Å². The molecule has 0 radical (unpaired) electrons. The summed E-state index contributed by atoms with van der Waals surface area (Å²) in [6.45, 7) is 0. The molecule has 0 bridgehead atoms. The second kappa shape index (κ2) is 4.87. The van der Waals surface area contributed by atoms with E-state index in [1.807, 2.05) is 0 Å². The second-order valence-corrected chi connectivity index (χ2v) is 4.24. The van der Waals surface area contributed by atoms with Crippen LogP contribution in [0, 0.1) is 0 Å². The Balaban J connectivity index is 2.69. The molecule has 0 spiro atoms. The summed E-state index contributed by atoms with van der Waals surface area (Å²) < 4.78 is 0.306. The van der Waals surface area contributed by atoms with Crippen LogP contribution in [0.25, 0.3) is 11.2 Å². The fourth-order valence-electron chi connectivity index (χ4n) is 1.33. The predicted molar refractivity (Wildman–Crippen MR) is 71.9 cm³/mol. The molecular weight excluding hydrogens is 336 g/mol. The van der Waals surface area contributed by atoms with E-state index in [4.69, 9.17) is 23.2 Å². The van der Waals surface area contributed by atoms with E-state index >= 15 is 0 Å². The first kappa shape index (κ1) is 13.9. The van der Waals surface area contributed by atoms with Crippen LogP contribution in [0.3, 0.4) is 0 Å². The molecule has 0 aliphatic heterocycles. The smallest absolute Gasteiger partial charge is 0.336 e. The lowest BCUT2D eigenvalue weighted by atomic mass is 10.5. The maximum atomic E-state index is 11.1. The van der Waals surface area contributed by atoms with Gasteiger partial charge in [-0.25, -0.2) is 31.3 Å². The number of aromatic nitrogens is 4. The van der Waals surface area contributed by atoms with Gasteiger partial charge in [0.05, 0.1) is 0 Å². The number of amides is 4. The molecule has 0 aliphatic carbocycles. The third kappa shape index (κ3) is 2.31. The number of imidazole rings is 1. The zero-order valence-corrected chi connectivity index (χ0v) is 11.3. The first-order chi connectivity index (χ1) is 9.31. The second-order valence-electron chi connectivity index (χ2n) is 3.49. The van der Waals surface area contributed by atoms with Crippen molar-refractivity contribution in [2.24, 2.45) is 23.2 Å². The average molecular weight is 345 g/mol. The molecule has 9 N–H and O–H groups in total. The SMILES string of the molecule is NC(=O)N(N)c1nc(N(N)C(N)=O)c2[nH]c(Br)nc2n1. The molecule has 0 fully saturated rings. The summed E-state index contributed by atoms with van der Waals surface area (Å²) in [5.74, 6) is 10.5. The molecule has 2 aromatic rings. The number of urea groups is 2. The Bertz CT molecular complexity index is 698. The Hall–Kier alpha value is -2.51. The summed E-state index contributed by atoms with van der Waals surface area (Å²) in [6, 6.07) is -1.99. The number of nitrogens with one attached hydrogen (secondary N) is 1. The monoisotopic (exact) mass is 344 g/mol. The lowest BCUT2D eigenvalue weighted by molar-refractivity contribution is 0.253. The maximum absolute atomic E-state index is 11.1. The topological polar surface area (TPSA) is 199 Å². The Morgan fingerprint density at radius 1 is 1.05 bits per heavy atom. The fraction of sp³-hybridized carbons (Fsp3) is 0. The number of hydrogen-bond donors (Lipinski definition) is 5. The average Bonchev–Trinajstić information content (AvgIpc) is 2.75. The highest BCUT2D eigenvalue weighted by molar-refractivity contribution is 9.10. The van der Waals surface area contributed by atoms with E-state index in [0.29, 0.717) is 14.8 Å². The van der Waals surface area contributed by atoms with Crippen molar-refractivity contribution in [3.05, 3.63) is 4.73 Å². The Morgan fingerprint density at radius 3 is 2.20 bits per heavy atom. The molecule has 0 saturated carbocycles. The Morgan fingerprint density at radius 2 is 1.65 bits per heavy atom. The van der Waals surface area contributed by atoms with Gasteiger partial charge in [0.2, 0.25) is 0 Å². The van der Waals surface area contributed by atoms with Crippen LogP contribution in [0.1, 0.15) is 0 Å². The molecule has 0 atom stereocenters. The van der Waals surface area contributed by atoms with E-state index in [-0.39, 0.29) is 22.9 Å². The van der Waals surface area contributed by atoms with Crippen LogP contribution in [-0.4, -0.2) is 32.0 Å². The van der Waals surface area contributed by atoms with Crippen LogP contribution in [0.4, 0.5) is 21.4 Å². The number of carbonyl (C=O) groups excluding carboxylic acids is 2. The Labute approximate surface area is 119 Å². The number of rotatable bonds is 2. The van der Waals surface area contributed by atoms with Gasteiger partial charge in [0.1, 0.15) is 5.52 Å². The summed E-state index contributed by atoms with van der Waals surface area (Å²) in [5.41, 5.74) is 10.4. The number of hydrazine groups is 2. The summed E-state index contributed by atoms with van der Waals surface area (Å²) in [6.07, 6.45) is 0. The van der Waals surface area contributed by atoms with Gasteiger partial charge in [0, 0.05) is 0 Å². The molecular formula is C7H9BrN10O2. The first-order valence-electron chi connectivity index (χ1n) is 4.93. The number of carbonyl (C=O) groups is 2. The molecule has 4 amide bonds. The minimum absolute atomic E-state index is 0.102. The van der Waals surface area contributed by atoms with Gasteiger partial charge in [-0.1, -0.05) is 0 Å². The van der Waals surface area contributed by atoms with E-state index < -0.39 is 12.1 Å². The Kier molecular flexibility index (Phi) is 3.39. The highest BCUT2D eigenvalue weighted by Crippen LogP contribution is 2.24. The molecule has 2 heterocycles. The van der Waals surface area contributed by atoms with Crippen LogP contribution in [0.5, 0.6) is 0 Å². The van der Waals surface area contributed by atoms with Gasteiger partial charge in [-0.15, -0.1) is 0 Å². The predicted octanol–water partition coefficient (Wildman–Crippen LogP) is -1.37. The lowest BCUT2D eigenvalue weighted by Crippen LogP contribution is -2.45. The van der Waals surface area contributed by atoms with E-state index in [9.17, 15) is 9.59 Å². The van der Waals surface area contributed by atoms with Gasteiger partial charge in [0.25, 0.3) is 5.95 Å². The zero-order chi connectivity index (χ0) is 15.0. The third-order valence-electron chi connectivity index (χ3n) is 2.21. The number of fused-ring (bicyclic) bond motifs is 1. The van der Waals surface area contributed by atoms with Gasteiger partial charge in [-0.2, -0.15) is 15.0 Å². The largest absolute Gasteiger partial charge is 0.350 e. The van der Waals surface area contributed by atoms with Crippen molar-refractivity contribution >= 4 is 50.9 Å². The minimum atomic E-state index is -1.01. The van der Waals surface area contributed by atoms with E-state index in [0.717, 1.165) is 0 Å². The van der Waals surface area contributed by atoms with Crippen LogP contribution in [0.2, 0.25) is 0 Å². The molecule has 2 aromatic heterocycles. The number of primary amides is 2. The number of H-pyrrole nitrogens is 1.